The summed E-state index contributed by atoms with van der Waals surface area (Å²) in [6.07, 6.45) is 4.96. The molecule has 0 fully saturated rings. The molecule has 2 N–H and O–H groups in total. The zero-order valence-electron chi connectivity index (χ0n) is 21.0. The van der Waals surface area contributed by atoms with E-state index in [0.29, 0.717) is 23.1 Å². The number of hydrogen-bond donors (Lipinski definition) is 2. The first kappa shape index (κ1) is 24.7. The van der Waals surface area contributed by atoms with Crippen molar-refractivity contribution in [2.45, 2.75) is 0 Å². The van der Waals surface area contributed by atoms with Crippen molar-refractivity contribution in [2.75, 3.05) is 56.9 Å². The number of nitrogens with one attached hydrogen (secondary N) is 2. The number of aromatic nitrogens is 3. The van der Waals surface area contributed by atoms with Crippen LogP contribution in [0.4, 0.5) is 23.0 Å². The number of carbonyl (C=O) groups excluding carboxylic acids is 1. The number of rotatable bonds is 10. The molecule has 3 aromatic heterocycles. The quantitative estimate of drug-likeness (QED) is 0.324. The molecule has 3 heterocycles. The largest absolute Gasteiger partial charge is 0.494 e. The van der Waals surface area contributed by atoms with Crippen LogP contribution in [0, 0.1) is 0 Å². The molecule has 0 unspecified atom stereocenters. The van der Waals surface area contributed by atoms with Gasteiger partial charge in [-0.2, -0.15) is 0 Å². The van der Waals surface area contributed by atoms with Crippen LogP contribution in [0.1, 0.15) is 0 Å². The van der Waals surface area contributed by atoms with Gasteiger partial charge in [-0.25, -0.2) is 9.97 Å². The molecule has 36 heavy (non-hydrogen) atoms. The van der Waals surface area contributed by atoms with Gasteiger partial charge in [0.1, 0.15) is 5.75 Å². The lowest BCUT2D eigenvalue weighted by Gasteiger charge is -2.26. The Hall–Kier alpha value is -4.37. The van der Waals surface area contributed by atoms with Crippen LogP contribution in [0.2, 0.25) is 0 Å². The fourth-order valence-corrected chi connectivity index (χ4v) is 3.85. The monoisotopic (exact) mass is 485 g/mol. The molecule has 0 saturated heterocycles. The molecule has 9 nitrogen and oxygen atoms in total. The van der Waals surface area contributed by atoms with Gasteiger partial charge in [0.2, 0.25) is 11.9 Å². The summed E-state index contributed by atoms with van der Waals surface area (Å²) >= 11 is 0. The molecule has 0 saturated carbocycles. The van der Waals surface area contributed by atoms with E-state index in [2.05, 4.69) is 36.4 Å². The van der Waals surface area contributed by atoms with Crippen molar-refractivity contribution in [1.82, 2.24) is 19.3 Å². The highest BCUT2D eigenvalue weighted by Gasteiger charge is 2.17. The predicted molar refractivity (Wildman–Crippen MR) is 145 cm³/mol. The van der Waals surface area contributed by atoms with Gasteiger partial charge < -0.3 is 29.6 Å². The first-order valence-electron chi connectivity index (χ1n) is 11.6. The minimum atomic E-state index is -0.299. The van der Waals surface area contributed by atoms with Crippen molar-refractivity contribution < 1.29 is 9.53 Å². The van der Waals surface area contributed by atoms with Crippen LogP contribution in [0.25, 0.3) is 16.9 Å². The van der Waals surface area contributed by atoms with Gasteiger partial charge in [0, 0.05) is 44.1 Å². The first-order valence-corrected chi connectivity index (χ1v) is 11.6. The van der Waals surface area contributed by atoms with E-state index in [-0.39, 0.29) is 5.91 Å². The number of fused-ring (bicyclic) bond motifs is 1. The molecule has 4 rings (SSSR count). The van der Waals surface area contributed by atoms with Crippen molar-refractivity contribution in [2.24, 2.45) is 0 Å². The number of nitrogens with zero attached hydrogens (tertiary/aromatic N) is 5. The molecule has 0 aliphatic carbocycles. The molecule has 0 radical (unpaired) electrons. The fraction of sp³-hybridized carbons (Fsp3) is 0.222. The van der Waals surface area contributed by atoms with Crippen LogP contribution >= 0.6 is 0 Å². The first-order chi connectivity index (χ1) is 17.4. The standard InChI is InChI=1S/C27H31N7O2/c1-6-26(35)29-21-17-22(25(36-5)18-24(21)33(4)16-15-32(2)3)31-27-28-13-12-20(30-27)23-11-10-19-9-7-8-14-34(19)23/h6-14,17-18H,1,15-16H2,2-5H3,(H,29,35)(H,28,30,31). The minimum Gasteiger partial charge on any atom is -0.494 e. The highest BCUT2D eigenvalue weighted by Crippen LogP contribution is 2.38. The lowest BCUT2D eigenvalue weighted by molar-refractivity contribution is -0.111. The fourth-order valence-electron chi connectivity index (χ4n) is 3.85. The number of anilines is 4. The molecule has 1 amide bonds. The van der Waals surface area contributed by atoms with Crippen LogP contribution < -0.4 is 20.3 Å². The smallest absolute Gasteiger partial charge is 0.247 e. The van der Waals surface area contributed by atoms with Gasteiger partial charge in [0.05, 0.1) is 35.6 Å². The number of amides is 1. The minimum absolute atomic E-state index is 0.299. The summed E-state index contributed by atoms with van der Waals surface area (Å²) in [5, 5.41) is 6.17. The molecule has 4 aromatic rings. The summed E-state index contributed by atoms with van der Waals surface area (Å²) in [5.41, 5.74) is 4.89. The summed E-state index contributed by atoms with van der Waals surface area (Å²) in [6, 6.07) is 15.7. The van der Waals surface area contributed by atoms with Gasteiger partial charge in [-0.15, -0.1) is 0 Å². The van der Waals surface area contributed by atoms with E-state index in [4.69, 9.17) is 9.72 Å². The summed E-state index contributed by atoms with van der Waals surface area (Å²) in [4.78, 5) is 25.5. The maximum Gasteiger partial charge on any atom is 0.247 e. The number of hydrogen-bond acceptors (Lipinski definition) is 7. The predicted octanol–water partition coefficient (Wildman–Crippen LogP) is 4.27. The maximum atomic E-state index is 12.2. The Labute approximate surface area is 211 Å². The van der Waals surface area contributed by atoms with Crippen LogP contribution in [0.15, 0.2) is 73.6 Å². The molecule has 0 aliphatic heterocycles. The van der Waals surface area contributed by atoms with Crippen molar-refractivity contribution >= 4 is 34.4 Å². The van der Waals surface area contributed by atoms with Gasteiger partial charge in [-0.1, -0.05) is 12.6 Å². The number of carbonyl (C=O) groups is 1. The van der Waals surface area contributed by atoms with Crippen LogP contribution in [-0.2, 0) is 4.79 Å². The average molecular weight is 486 g/mol. The normalized spacial score (nSPS) is 10.9. The molecule has 9 heteroatoms. The Morgan fingerprint density at radius 2 is 1.94 bits per heavy atom. The molecule has 0 bridgehead atoms. The van der Waals surface area contributed by atoms with E-state index in [9.17, 15) is 4.79 Å². The molecular weight excluding hydrogens is 454 g/mol. The molecule has 186 valence electrons. The summed E-state index contributed by atoms with van der Waals surface area (Å²) in [5.74, 6) is 0.707. The summed E-state index contributed by atoms with van der Waals surface area (Å²) in [6.45, 7) is 5.19. The Balaban J connectivity index is 1.69. The number of pyridine rings is 1. The Bertz CT molecular complexity index is 1380. The highest BCUT2D eigenvalue weighted by atomic mass is 16.5. The zero-order valence-corrected chi connectivity index (χ0v) is 21.0. The Kier molecular flexibility index (Phi) is 7.50. The third-order valence-electron chi connectivity index (χ3n) is 5.78. The second kappa shape index (κ2) is 10.9. The maximum absolute atomic E-state index is 12.2. The molecular formula is C27H31N7O2. The molecule has 1 aromatic carbocycles. The topological polar surface area (TPSA) is 87.0 Å². The van der Waals surface area contributed by atoms with E-state index in [1.807, 2.05) is 75.9 Å². The van der Waals surface area contributed by atoms with Gasteiger partial charge in [0.15, 0.2) is 0 Å². The van der Waals surface area contributed by atoms with E-state index < -0.39 is 0 Å². The zero-order chi connectivity index (χ0) is 25.7. The Morgan fingerprint density at radius 1 is 1.11 bits per heavy atom. The van der Waals surface area contributed by atoms with E-state index in [1.165, 1.54) is 6.08 Å². The molecule has 0 spiro atoms. The molecule has 0 atom stereocenters. The van der Waals surface area contributed by atoms with E-state index in [0.717, 1.165) is 35.7 Å². The van der Waals surface area contributed by atoms with Crippen LogP contribution in [0.3, 0.4) is 0 Å². The van der Waals surface area contributed by atoms with Crippen LogP contribution in [-0.4, -0.2) is 66.5 Å². The van der Waals surface area contributed by atoms with Crippen molar-refractivity contribution in [3.8, 4) is 17.1 Å². The number of methoxy groups -OCH3 is 1. The second-order valence-corrected chi connectivity index (χ2v) is 8.59. The van der Waals surface area contributed by atoms with Gasteiger partial charge in [-0.05, 0) is 56.6 Å². The van der Waals surface area contributed by atoms with Crippen molar-refractivity contribution in [3.05, 3.63) is 73.6 Å². The third kappa shape index (κ3) is 5.47. The van der Waals surface area contributed by atoms with Crippen molar-refractivity contribution in [3.63, 3.8) is 0 Å². The lowest BCUT2D eigenvalue weighted by Crippen LogP contribution is -2.29. The van der Waals surface area contributed by atoms with E-state index >= 15 is 0 Å². The lowest BCUT2D eigenvalue weighted by atomic mass is 10.2. The number of ether oxygens (including phenoxy) is 1. The second-order valence-electron chi connectivity index (χ2n) is 8.59. The van der Waals surface area contributed by atoms with Crippen LogP contribution in [0.5, 0.6) is 5.75 Å². The Morgan fingerprint density at radius 3 is 2.69 bits per heavy atom. The van der Waals surface area contributed by atoms with Crippen molar-refractivity contribution in [1.29, 1.82) is 0 Å². The number of likely N-dealkylation sites (N-methyl/N-ethyl adjacent to an activating group) is 2. The molecule has 0 aliphatic rings. The average Bonchev–Trinajstić information content (AvgIpc) is 3.32. The number of benzene rings is 1. The summed E-state index contributed by atoms with van der Waals surface area (Å²) in [7, 11) is 7.62. The highest BCUT2D eigenvalue weighted by molar-refractivity contribution is 6.02. The SMILES string of the molecule is C=CC(=O)Nc1cc(Nc2nccc(-c3ccc4ccccn34)n2)c(OC)cc1N(C)CCN(C)C. The van der Waals surface area contributed by atoms with Gasteiger partial charge in [-0.3, -0.25) is 4.79 Å². The van der Waals surface area contributed by atoms with E-state index in [1.54, 1.807) is 13.3 Å². The third-order valence-corrected chi connectivity index (χ3v) is 5.78. The summed E-state index contributed by atoms with van der Waals surface area (Å²) < 4.78 is 7.77. The van der Waals surface area contributed by atoms with Gasteiger partial charge in [0.25, 0.3) is 0 Å². The van der Waals surface area contributed by atoms with Gasteiger partial charge >= 0.3 is 0 Å².